The number of aromatic nitrogens is 1. The molecule has 0 bridgehead atoms. The third-order valence-electron chi connectivity index (χ3n) is 4.17. The van der Waals surface area contributed by atoms with Crippen LogP contribution in [0.2, 0.25) is 5.02 Å². The standard InChI is InChI=1S/C18H17ClFN3O4S/c1-11-17(28(25,26)22(2)3)15-13(23(11)20)9-10-14(16(15)19)27-21-18(24)12-7-5-4-6-8-12/h4-10H,1-3H3,(H,21,24). The van der Waals surface area contributed by atoms with Crippen molar-refractivity contribution in [3.8, 4) is 5.75 Å². The Balaban J connectivity index is 2.05. The molecule has 0 atom stereocenters. The van der Waals surface area contributed by atoms with E-state index < -0.39 is 15.9 Å². The molecule has 148 valence electrons. The minimum absolute atomic E-state index is 0.0146. The second-order valence-corrected chi connectivity index (χ2v) is 8.62. The molecule has 0 radical (unpaired) electrons. The Labute approximate surface area is 166 Å². The Bertz CT molecular complexity index is 1160. The lowest BCUT2D eigenvalue weighted by molar-refractivity contribution is 0.0760. The van der Waals surface area contributed by atoms with Gasteiger partial charge in [0.1, 0.15) is 4.90 Å². The molecule has 0 aliphatic heterocycles. The molecule has 3 aromatic rings. The number of nitrogens with one attached hydrogen (secondary N) is 1. The third-order valence-corrected chi connectivity index (χ3v) is 6.53. The maximum Gasteiger partial charge on any atom is 0.283 e. The summed E-state index contributed by atoms with van der Waals surface area (Å²) in [7, 11) is -1.31. The topological polar surface area (TPSA) is 80.6 Å². The Hall–Kier alpha value is -2.62. The van der Waals surface area contributed by atoms with Crippen LogP contribution in [-0.4, -0.2) is 37.5 Å². The van der Waals surface area contributed by atoms with Crippen molar-refractivity contribution in [1.29, 1.82) is 0 Å². The number of carbonyl (C=O) groups excluding carboxylic acids is 1. The van der Waals surface area contributed by atoms with E-state index in [-0.39, 0.29) is 37.1 Å². The Morgan fingerprint density at radius 2 is 1.82 bits per heavy atom. The zero-order chi connectivity index (χ0) is 20.6. The summed E-state index contributed by atoms with van der Waals surface area (Å²) >= 11 is 6.33. The Kier molecular flexibility index (Phi) is 5.33. The zero-order valence-electron chi connectivity index (χ0n) is 15.2. The van der Waals surface area contributed by atoms with Gasteiger partial charge in [-0.15, -0.1) is 0 Å². The fourth-order valence-electron chi connectivity index (χ4n) is 2.70. The number of hydrogen-bond acceptors (Lipinski definition) is 4. The molecule has 2 aromatic carbocycles. The first-order valence-electron chi connectivity index (χ1n) is 8.10. The van der Waals surface area contributed by atoms with Crippen molar-refractivity contribution in [2.45, 2.75) is 11.8 Å². The van der Waals surface area contributed by atoms with Gasteiger partial charge in [0.25, 0.3) is 5.91 Å². The first kappa shape index (κ1) is 20.1. The van der Waals surface area contributed by atoms with Crippen molar-refractivity contribution in [2.24, 2.45) is 0 Å². The average molecular weight is 426 g/mol. The summed E-state index contributed by atoms with van der Waals surface area (Å²) in [5.74, 6) is -0.531. The van der Waals surface area contributed by atoms with Crippen LogP contribution in [0.25, 0.3) is 10.9 Å². The van der Waals surface area contributed by atoms with Gasteiger partial charge in [-0.3, -0.25) is 4.79 Å². The largest absolute Gasteiger partial charge is 0.378 e. The molecule has 1 aromatic heterocycles. The highest BCUT2D eigenvalue weighted by atomic mass is 35.5. The molecule has 0 fully saturated rings. The molecule has 0 spiro atoms. The highest BCUT2D eigenvalue weighted by molar-refractivity contribution is 7.89. The fraction of sp³-hybridized carbons (Fsp3) is 0.167. The van der Waals surface area contributed by atoms with Crippen LogP contribution in [0.4, 0.5) is 4.48 Å². The van der Waals surface area contributed by atoms with Gasteiger partial charge in [-0.25, -0.2) is 12.7 Å². The zero-order valence-corrected chi connectivity index (χ0v) is 16.8. The highest BCUT2D eigenvalue weighted by Crippen LogP contribution is 2.40. The number of rotatable bonds is 5. The number of hydroxylamine groups is 1. The minimum Gasteiger partial charge on any atom is -0.378 e. The van der Waals surface area contributed by atoms with Crippen molar-refractivity contribution < 1.29 is 22.5 Å². The second kappa shape index (κ2) is 7.42. The molecule has 0 saturated carbocycles. The van der Waals surface area contributed by atoms with Crippen LogP contribution < -0.4 is 10.3 Å². The minimum atomic E-state index is -3.98. The maximum atomic E-state index is 14.5. The van der Waals surface area contributed by atoms with Crippen LogP contribution in [0, 0.1) is 6.92 Å². The van der Waals surface area contributed by atoms with E-state index in [0.717, 1.165) is 4.31 Å². The molecule has 1 N–H and O–H groups in total. The molecular formula is C18H17ClFN3O4S. The summed E-state index contributed by atoms with van der Waals surface area (Å²) in [6.45, 7) is 1.34. The summed E-state index contributed by atoms with van der Waals surface area (Å²) < 4.78 is 40.8. The van der Waals surface area contributed by atoms with E-state index in [4.69, 9.17) is 16.4 Å². The van der Waals surface area contributed by atoms with Crippen molar-refractivity contribution in [3.05, 3.63) is 58.7 Å². The monoisotopic (exact) mass is 425 g/mol. The van der Waals surface area contributed by atoms with Gasteiger partial charge in [0.05, 0.1) is 16.2 Å². The molecule has 1 heterocycles. The second-order valence-electron chi connectivity index (χ2n) is 6.15. The summed E-state index contributed by atoms with van der Waals surface area (Å²) in [6.07, 6.45) is 0. The van der Waals surface area contributed by atoms with Gasteiger partial charge in [0.15, 0.2) is 5.75 Å². The van der Waals surface area contributed by atoms with E-state index >= 15 is 0 Å². The predicted octanol–water partition coefficient (Wildman–Crippen LogP) is 3.31. The first-order valence-corrected chi connectivity index (χ1v) is 9.92. The Morgan fingerprint density at radius 1 is 1.18 bits per heavy atom. The average Bonchev–Trinajstić information content (AvgIpc) is 2.93. The van der Waals surface area contributed by atoms with Gasteiger partial charge in [0.2, 0.25) is 10.0 Å². The molecule has 28 heavy (non-hydrogen) atoms. The number of fused-ring (bicyclic) bond motifs is 1. The van der Waals surface area contributed by atoms with Gasteiger partial charge >= 0.3 is 0 Å². The maximum absolute atomic E-state index is 14.5. The fourth-order valence-corrected chi connectivity index (χ4v) is 4.34. The molecule has 10 heteroatoms. The van der Waals surface area contributed by atoms with Crippen LogP contribution in [-0.2, 0) is 10.0 Å². The van der Waals surface area contributed by atoms with E-state index in [0.29, 0.717) is 5.56 Å². The van der Waals surface area contributed by atoms with Crippen molar-refractivity contribution in [3.63, 3.8) is 0 Å². The lowest BCUT2D eigenvalue weighted by atomic mass is 10.2. The number of benzene rings is 2. The van der Waals surface area contributed by atoms with Crippen LogP contribution >= 0.6 is 11.6 Å². The molecule has 1 amide bonds. The van der Waals surface area contributed by atoms with Gasteiger partial charge in [-0.1, -0.05) is 34.3 Å². The SMILES string of the molecule is Cc1c(S(=O)(=O)N(C)C)c2c(Cl)c(ONC(=O)c3ccccc3)ccc2n1F. The predicted molar refractivity (Wildman–Crippen MR) is 104 cm³/mol. The number of amides is 1. The number of nitrogens with zero attached hydrogens (tertiary/aromatic N) is 2. The summed E-state index contributed by atoms with van der Waals surface area (Å²) in [5, 5.41) is -0.160. The molecule has 7 nitrogen and oxygen atoms in total. The van der Waals surface area contributed by atoms with Gasteiger partial charge in [-0.05, 0) is 31.2 Å². The van der Waals surface area contributed by atoms with Crippen molar-refractivity contribution in [1.82, 2.24) is 14.6 Å². The number of sulfonamides is 1. The molecule has 0 aliphatic rings. The quantitative estimate of drug-likeness (QED) is 0.636. The van der Waals surface area contributed by atoms with E-state index in [9.17, 15) is 17.7 Å². The Morgan fingerprint density at radius 3 is 2.43 bits per heavy atom. The van der Waals surface area contributed by atoms with Crippen LogP contribution in [0.1, 0.15) is 16.1 Å². The highest BCUT2D eigenvalue weighted by Gasteiger charge is 2.30. The van der Waals surface area contributed by atoms with Gasteiger partial charge in [-0.2, -0.15) is 10.3 Å². The molecule has 0 unspecified atom stereocenters. The van der Waals surface area contributed by atoms with E-state index in [1.807, 2.05) is 0 Å². The van der Waals surface area contributed by atoms with Crippen LogP contribution in [0.15, 0.2) is 47.4 Å². The van der Waals surface area contributed by atoms with Crippen LogP contribution in [0.3, 0.4) is 0 Å². The van der Waals surface area contributed by atoms with Gasteiger partial charge < -0.3 is 4.84 Å². The number of hydrogen-bond donors (Lipinski definition) is 1. The van der Waals surface area contributed by atoms with Crippen molar-refractivity contribution >= 4 is 38.4 Å². The number of carbonyl (C=O) groups is 1. The van der Waals surface area contributed by atoms with E-state index in [2.05, 4.69) is 5.48 Å². The van der Waals surface area contributed by atoms with E-state index in [1.165, 1.54) is 33.2 Å². The van der Waals surface area contributed by atoms with E-state index in [1.54, 1.807) is 30.3 Å². The molecule has 0 saturated heterocycles. The molecule has 0 aliphatic carbocycles. The molecular weight excluding hydrogens is 409 g/mol. The van der Waals surface area contributed by atoms with Gasteiger partial charge in [0, 0.05) is 25.0 Å². The van der Waals surface area contributed by atoms with Crippen molar-refractivity contribution in [2.75, 3.05) is 14.1 Å². The smallest absolute Gasteiger partial charge is 0.283 e. The number of halogens is 2. The summed E-state index contributed by atoms with van der Waals surface area (Å²) in [6, 6.07) is 11.0. The lowest BCUT2D eigenvalue weighted by Gasteiger charge is -2.13. The third kappa shape index (κ3) is 3.32. The summed E-state index contributed by atoms with van der Waals surface area (Å²) in [4.78, 5) is 17.4. The van der Waals surface area contributed by atoms with Crippen LogP contribution in [0.5, 0.6) is 5.75 Å². The summed E-state index contributed by atoms with van der Waals surface area (Å²) in [5.41, 5.74) is 2.46. The lowest BCUT2D eigenvalue weighted by Crippen LogP contribution is -2.27. The molecule has 3 rings (SSSR count). The first-order chi connectivity index (χ1) is 13.2. The normalized spacial score (nSPS) is 11.8.